The van der Waals surface area contributed by atoms with Crippen LogP contribution in [0.3, 0.4) is 0 Å². The molecule has 1 atom stereocenters. The molecule has 1 unspecified atom stereocenters. The maximum atomic E-state index is 12.4. The molecule has 0 bridgehead atoms. The Balaban J connectivity index is 2.31. The first kappa shape index (κ1) is 14.1. The quantitative estimate of drug-likeness (QED) is 0.928. The lowest BCUT2D eigenvalue weighted by atomic mass is 10.1. The van der Waals surface area contributed by atoms with Crippen molar-refractivity contribution in [2.75, 3.05) is 11.4 Å². The van der Waals surface area contributed by atoms with Crippen LogP contribution >= 0.6 is 15.9 Å². The predicted molar refractivity (Wildman–Crippen MR) is 78.1 cm³/mol. The Morgan fingerprint density at radius 3 is 2.79 bits per heavy atom. The molecule has 0 aromatic heterocycles. The number of hydrogen-bond acceptors (Lipinski definition) is 2. The average Bonchev–Trinajstić information content (AvgIpc) is 2.34. The molecule has 1 saturated heterocycles. The highest BCUT2D eigenvalue weighted by Crippen LogP contribution is 2.29. The molecule has 0 radical (unpaired) electrons. The normalized spacial score (nSPS) is 19.5. The molecule has 0 spiro atoms. The Morgan fingerprint density at radius 1 is 1.42 bits per heavy atom. The van der Waals surface area contributed by atoms with Crippen LogP contribution in [0, 0.1) is 6.92 Å². The summed E-state index contributed by atoms with van der Waals surface area (Å²) in [5.74, 6) is -0.142. The first-order chi connectivity index (χ1) is 9.02. The fourth-order valence-corrected chi connectivity index (χ4v) is 2.94. The van der Waals surface area contributed by atoms with Gasteiger partial charge in [-0.15, -0.1) is 0 Å². The summed E-state index contributed by atoms with van der Waals surface area (Å²) < 4.78 is 0.839. The van der Waals surface area contributed by atoms with Gasteiger partial charge in [0.1, 0.15) is 12.6 Å². The zero-order valence-electron chi connectivity index (χ0n) is 11.1. The van der Waals surface area contributed by atoms with Crippen LogP contribution in [0.4, 0.5) is 5.69 Å². The molecule has 2 rings (SSSR count). The van der Waals surface area contributed by atoms with Crippen molar-refractivity contribution >= 4 is 33.4 Å². The Bertz CT molecular complexity index is 516. The van der Waals surface area contributed by atoms with Crippen molar-refractivity contribution in [2.24, 2.45) is 0 Å². The molecule has 102 valence electrons. The van der Waals surface area contributed by atoms with Gasteiger partial charge in [-0.3, -0.25) is 9.59 Å². The molecule has 1 fully saturated rings. The van der Waals surface area contributed by atoms with Gasteiger partial charge in [-0.2, -0.15) is 0 Å². The van der Waals surface area contributed by atoms with Crippen molar-refractivity contribution in [1.82, 2.24) is 5.32 Å². The van der Waals surface area contributed by atoms with Gasteiger partial charge in [0.25, 0.3) is 0 Å². The summed E-state index contributed by atoms with van der Waals surface area (Å²) in [6.07, 6.45) is 1.53. The van der Waals surface area contributed by atoms with E-state index in [9.17, 15) is 9.59 Å². The van der Waals surface area contributed by atoms with E-state index in [0.717, 1.165) is 22.1 Å². The molecule has 5 heteroatoms. The molecule has 1 heterocycles. The monoisotopic (exact) mass is 324 g/mol. The highest BCUT2D eigenvalue weighted by molar-refractivity contribution is 9.10. The highest BCUT2D eigenvalue weighted by Gasteiger charge is 2.33. The SMILES string of the molecule is CCCC1NC(=O)CN(c2ccc(C)cc2Br)C1=O. The molecule has 1 aliphatic heterocycles. The number of rotatable bonds is 3. The van der Waals surface area contributed by atoms with Gasteiger partial charge in [0.2, 0.25) is 11.8 Å². The third kappa shape index (κ3) is 2.97. The van der Waals surface area contributed by atoms with Gasteiger partial charge < -0.3 is 10.2 Å². The minimum Gasteiger partial charge on any atom is -0.343 e. The molecular weight excluding hydrogens is 308 g/mol. The van der Waals surface area contributed by atoms with Crippen molar-refractivity contribution in [3.05, 3.63) is 28.2 Å². The number of anilines is 1. The summed E-state index contributed by atoms with van der Waals surface area (Å²) in [6, 6.07) is 5.36. The van der Waals surface area contributed by atoms with Gasteiger partial charge in [-0.05, 0) is 47.0 Å². The van der Waals surface area contributed by atoms with E-state index in [4.69, 9.17) is 0 Å². The average molecular weight is 325 g/mol. The standard InChI is InChI=1S/C14H17BrN2O2/c1-3-4-11-14(19)17(8-13(18)16-11)12-6-5-9(2)7-10(12)15/h5-7,11H,3-4,8H2,1-2H3,(H,16,18). The largest absolute Gasteiger partial charge is 0.343 e. The van der Waals surface area contributed by atoms with Crippen LogP contribution in [0.1, 0.15) is 25.3 Å². The molecule has 2 amide bonds. The van der Waals surface area contributed by atoms with Gasteiger partial charge in [0.05, 0.1) is 5.69 Å². The first-order valence-corrected chi connectivity index (χ1v) is 7.19. The van der Waals surface area contributed by atoms with Gasteiger partial charge in [0, 0.05) is 4.47 Å². The fraction of sp³-hybridized carbons (Fsp3) is 0.429. The maximum absolute atomic E-state index is 12.4. The lowest BCUT2D eigenvalue weighted by molar-refractivity contribution is -0.131. The van der Waals surface area contributed by atoms with Crippen molar-refractivity contribution in [3.8, 4) is 0 Å². The molecule has 4 nitrogen and oxygen atoms in total. The summed E-state index contributed by atoms with van der Waals surface area (Å²) in [4.78, 5) is 25.7. The molecule has 0 aliphatic carbocycles. The summed E-state index contributed by atoms with van der Waals surface area (Å²) in [5, 5.41) is 2.75. The van der Waals surface area contributed by atoms with Crippen LogP contribution in [-0.2, 0) is 9.59 Å². The maximum Gasteiger partial charge on any atom is 0.250 e. The van der Waals surface area contributed by atoms with E-state index in [2.05, 4.69) is 21.2 Å². The van der Waals surface area contributed by atoms with Crippen molar-refractivity contribution in [3.63, 3.8) is 0 Å². The number of amides is 2. The van der Waals surface area contributed by atoms with E-state index in [1.54, 1.807) is 4.90 Å². The van der Waals surface area contributed by atoms with Crippen LogP contribution in [0.2, 0.25) is 0 Å². The molecule has 1 N–H and O–H groups in total. The van der Waals surface area contributed by atoms with Gasteiger partial charge in [-0.1, -0.05) is 19.4 Å². The van der Waals surface area contributed by atoms with Crippen LogP contribution in [0.15, 0.2) is 22.7 Å². The molecule has 19 heavy (non-hydrogen) atoms. The van der Waals surface area contributed by atoms with Gasteiger partial charge >= 0.3 is 0 Å². The topological polar surface area (TPSA) is 49.4 Å². The minimum atomic E-state index is -0.403. The van der Waals surface area contributed by atoms with E-state index in [0.29, 0.717) is 6.42 Å². The first-order valence-electron chi connectivity index (χ1n) is 6.39. The predicted octanol–water partition coefficient (Wildman–Crippen LogP) is 2.39. The number of benzene rings is 1. The Kier molecular flexibility index (Phi) is 4.24. The Hall–Kier alpha value is -1.36. The van der Waals surface area contributed by atoms with E-state index in [-0.39, 0.29) is 18.4 Å². The zero-order valence-corrected chi connectivity index (χ0v) is 12.7. The minimum absolute atomic E-state index is 0.0361. The lowest BCUT2D eigenvalue weighted by Gasteiger charge is -2.33. The van der Waals surface area contributed by atoms with E-state index >= 15 is 0 Å². The van der Waals surface area contributed by atoms with Crippen LogP contribution in [0.25, 0.3) is 0 Å². The number of hydrogen-bond donors (Lipinski definition) is 1. The Morgan fingerprint density at radius 2 is 2.16 bits per heavy atom. The van der Waals surface area contributed by atoms with E-state index < -0.39 is 6.04 Å². The zero-order chi connectivity index (χ0) is 14.0. The second-order valence-corrected chi connectivity index (χ2v) is 5.64. The second kappa shape index (κ2) is 5.74. The summed E-state index contributed by atoms with van der Waals surface area (Å²) in [5.41, 5.74) is 1.86. The van der Waals surface area contributed by atoms with E-state index in [1.165, 1.54) is 0 Å². The molecule has 1 aromatic rings. The van der Waals surface area contributed by atoms with E-state index in [1.807, 2.05) is 32.0 Å². The fourth-order valence-electron chi connectivity index (χ4n) is 2.23. The summed E-state index contributed by atoms with van der Waals surface area (Å²) >= 11 is 3.46. The van der Waals surface area contributed by atoms with Crippen molar-refractivity contribution < 1.29 is 9.59 Å². The number of carbonyl (C=O) groups is 2. The number of aryl methyl sites for hydroxylation is 1. The van der Waals surface area contributed by atoms with Crippen LogP contribution in [0.5, 0.6) is 0 Å². The highest BCUT2D eigenvalue weighted by atomic mass is 79.9. The Labute approximate surface area is 121 Å². The number of nitrogens with zero attached hydrogens (tertiary/aromatic N) is 1. The lowest BCUT2D eigenvalue weighted by Crippen LogP contribution is -2.58. The third-order valence-electron chi connectivity index (χ3n) is 3.17. The number of nitrogens with one attached hydrogen (secondary N) is 1. The summed E-state index contributed by atoms with van der Waals surface area (Å²) in [7, 11) is 0. The molecule has 1 aliphatic rings. The number of carbonyl (C=O) groups excluding carboxylic acids is 2. The number of halogens is 1. The molecular formula is C14H17BrN2O2. The molecule has 0 saturated carbocycles. The second-order valence-electron chi connectivity index (χ2n) is 4.79. The van der Waals surface area contributed by atoms with Crippen molar-refractivity contribution in [1.29, 1.82) is 0 Å². The van der Waals surface area contributed by atoms with Crippen LogP contribution in [-0.4, -0.2) is 24.4 Å². The van der Waals surface area contributed by atoms with Crippen LogP contribution < -0.4 is 10.2 Å². The third-order valence-corrected chi connectivity index (χ3v) is 3.81. The van der Waals surface area contributed by atoms with Crippen molar-refractivity contribution in [2.45, 2.75) is 32.7 Å². The van der Waals surface area contributed by atoms with Gasteiger partial charge in [0.15, 0.2) is 0 Å². The summed E-state index contributed by atoms with van der Waals surface area (Å²) in [6.45, 7) is 4.07. The smallest absolute Gasteiger partial charge is 0.250 e. The van der Waals surface area contributed by atoms with Gasteiger partial charge in [-0.25, -0.2) is 0 Å². The number of piperazine rings is 1. The molecule has 1 aromatic carbocycles.